The van der Waals surface area contributed by atoms with Crippen LogP contribution in [-0.4, -0.2) is 61.1 Å². The molecule has 2 aliphatic heterocycles. The Balaban J connectivity index is 0.000000383. The van der Waals surface area contributed by atoms with E-state index >= 15 is 0 Å². The van der Waals surface area contributed by atoms with Crippen LogP contribution in [0, 0.1) is 5.92 Å². The van der Waals surface area contributed by atoms with Crippen molar-refractivity contribution < 1.29 is 9.94 Å². The van der Waals surface area contributed by atoms with E-state index in [0.717, 1.165) is 19.7 Å². The summed E-state index contributed by atoms with van der Waals surface area (Å²) >= 11 is 0. The quantitative estimate of drug-likeness (QED) is 0.763. The molecule has 4 heteroatoms. The summed E-state index contributed by atoms with van der Waals surface area (Å²) in [6.07, 6.45) is 9.44. The number of hydrogen-bond donors (Lipinski definition) is 1. The highest BCUT2D eigenvalue weighted by molar-refractivity contribution is 4.77. The van der Waals surface area contributed by atoms with Gasteiger partial charge in [0.25, 0.3) is 0 Å². The lowest BCUT2D eigenvalue weighted by Crippen LogP contribution is -2.40. The van der Waals surface area contributed by atoms with Crippen LogP contribution in [0.4, 0.5) is 0 Å². The van der Waals surface area contributed by atoms with Gasteiger partial charge in [-0.15, -0.1) is 0 Å². The van der Waals surface area contributed by atoms with Gasteiger partial charge in [0.15, 0.2) is 0 Å². The Morgan fingerprint density at radius 2 is 1.81 bits per heavy atom. The summed E-state index contributed by atoms with van der Waals surface area (Å²) in [4.78, 5) is 2.52. The molecule has 2 saturated heterocycles. The standard InChI is InChI=1S/C12H24N2O2.C5H12/c1-13(15)9-11-4-6-14(7-5-11)10-12-3-2-8-16-12;1-3-5-4-2/h11-12,15H,2-10H2,1H3;3-5H2,1-2H3. The molecule has 0 aromatic rings. The average molecular weight is 300 g/mol. The highest BCUT2D eigenvalue weighted by Crippen LogP contribution is 2.20. The molecule has 2 aliphatic rings. The minimum atomic E-state index is 0.483. The first-order valence-electron chi connectivity index (χ1n) is 8.89. The topological polar surface area (TPSA) is 35.9 Å². The number of rotatable bonds is 6. The fourth-order valence-corrected chi connectivity index (χ4v) is 3.16. The molecule has 0 spiro atoms. The van der Waals surface area contributed by atoms with E-state index in [1.54, 1.807) is 7.05 Å². The Morgan fingerprint density at radius 1 is 1.14 bits per heavy atom. The van der Waals surface area contributed by atoms with Crippen LogP contribution in [0.25, 0.3) is 0 Å². The lowest BCUT2D eigenvalue weighted by Gasteiger charge is -2.33. The third-order valence-corrected chi connectivity index (χ3v) is 4.42. The smallest absolute Gasteiger partial charge is 0.0702 e. The van der Waals surface area contributed by atoms with Crippen molar-refractivity contribution in [2.24, 2.45) is 5.92 Å². The first kappa shape index (κ1) is 18.9. The van der Waals surface area contributed by atoms with Crippen molar-refractivity contribution in [2.75, 3.05) is 39.8 Å². The van der Waals surface area contributed by atoms with Gasteiger partial charge in [0.2, 0.25) is 0 Å². The molecular formula is C17H36N2O2. The summed E-state index contributed by atoms with van der Waals surface area (Å²) in [6.45, 7) is 9.63. The van der Waals surface area contributed by atoms with Crippen LogP contribution >= 0.6 is 0 Å². The summed E-state index contributed by atoms with van der Waals surface area (Å²) in [7, 11) is 1.73. The van der Waals surface area contributed by atoms with Gasteiger partial charge < -0.3 is 14.8 Å². The van der Waals surface area contributed by atoms with Crippen LogP contribution in [0.3, 0.4) is 0 Å². The lowest BCUT2D eigenvalue weighted by atomic mass is 9.96. The molecule has 21 heavy (non-hydrogen) atoms. The molecular weight excluding hydrogens is 264 g/mol. The number of piperidine rings is 1. The Labute approximate surface area is 131 Å². The molecule has 0 radical (unpaired) electrons. The summed E-state index contributed by atoms with van der Waals surface area (Å²) < 4.78 is 5.66. The van der Waals surface area contributed by atoms with Crippen LogP contribution in [0.1, 0.15) is 58.8 Å². The number of hydrogen-bond acceptors (Lipinski definition) is 4. The van der Waals surface area contributed by atoms with Gasteiger partial charge in [-0.05, 0) is 44.7 Å². The summed E-state index contributed by atoms with van der Waals surface area (Å²) in [5, 5.41) is 10.5. The van der Waals surface area contributed by atoms with Crippen molar-refractivity contribution in [2.45, 2.75) is 64.9 Å². The lowest BCUT2D eigenvalue weighted by molar-refractivity contribution is -0.0817. The predicted octanol–water partition coefficient (Wildman–Crippen LogP) is 3.39. The van der Waals surface area contributed by atoms with Gasteiger partial charge in [-0.3, -0.25) is 0 Å². The summed E-state index contributed by atoms with van der Waals surface area (Å²) in [6, 6.07) is 0. The second-order valence-electron chi connectivity index (χ2n) is 6.57. The van der Waals surface area contributed by atoms with Crippen molar-refractivity contribution in [1.82, 2.24) is 9.96 Å². The second-order valence-corrected chi connectivity index (χ2v) is 6.57. The molecule has 2 rings (SSSR count). The molecule has 0 bridgehead atoms. The third kappa shape index (κ3) is 8.77. The summed E-state index contributed by atoms with van der Waals surface area (Å²) in [5.74, 6) is 0.663. The van der Waals surface area contributed by atoms with Crippen molar-refractivity contribution in [3.63, 3.8) is 0 Å². The molecule has 4 nitrogen and oxygen atoms in total. The van der Waals surface area contributed by atoms with Gasteiger partial charge in [0.1, 0.15) is 0 Å². The maximum absolute atomic E-state index is 9.20. The Bertz CT molecular complexity index is 233. The van der Waals surface area contributed by atoms with E-state index in [1.165, 1.54) is 63.1 Å². The summed E-state index contributed by atoms with van der Waals surface area (Å²) in [5.41, 5.74) is 0. The average Bonchev–Trinajstić information content (AvgIpc) is 2.95. The minimum Gasteiger partial charge on any atom is -0.377 e. The van der Waals surface area contributed by atoms with E-state index in [4.69, 9.17) is 4.74 Å². The molecule has 126 valence electrons. The molecule has 0 aromatic carbocycles. The van der Waals surface area contributed by atoms with E-state index < -0.39 is 0 Å². The fraction of sp³-hybridized carbons (Fsp3) is 1.00. The Morgan fingerprint density at radius 3 is 2.24 bits per heavy atom. The SMILES string of the molecule is CCCCC.CN(O)CC1CCN(CC2CCCO2)CC1. The molecule has 2 fully saturated rings. The molecule has 0 aromatic heterocycles. The van der Waals surface area contributed by atoms with E-state index in [2.05, 4.69) is 18.7 Å². The van der Waals surface area contributed by atoms with Crippen LogP contribution in [0.5, 0.6) is 0 Å². The number of ether oxygens (including phenoxy) is 1. The highest BCUT2D eigenvalue weighted by atomic mass is 16.5. The zero-order valence-electron chi connectivity index (χ0n) is 14.4. The van der Waals surface area contributed by atoms with E-state index in [0.29, 0.717) is 12.0 Å². The first-order valence-corrected chi connectivity index (χ1v) is 8.89. The van der Waals surface area contributed by atoms with Crippen molar-refractivity contribution in [1.29, 1.82) is 0 Å². The number of likely N-dealkylation sites (tertiary alicyclic amines) is 1. The Kier molecular flexibility index (Phi) is 10.3. The second kappa shape index (κ2) is 11.4. The maximum Gasteiger partial charge on any atom is 0.0702 e. The first-order chi connectivity index (χ1) is 10.2. The van der Waals surface area contributed by atoms with Gasteiger partial charge >= 0.3 is 0 Å². The number of unbranched alkanes of at least 4 members (excludes halogenated alkanes) is 2. The van der Waals surface area contributed by atoms with E-state index in [9.17, 15) is 5.21 Å². The molecule has 1 atom stereocenters. The third-order valence-electron chi connectivity index (χ3n) is 4.42. The normalized spacial score (nSPS) is 24.1. The van der Waals surface area contributed by atoms with Crippen LogP contribution in [-0.2, 0) is 4.74 Å². The molecule has 0 saturated carbocycles. The monoisotopic (exact) mass is 300 g/mol. The minimum absolute atomic E-state index is 0.483. The predicted molar refractivity (Wildman–Crippen MR) is 87.8 cm³/mol. The zero-order valence-corrected chi connectivity index (χ0v) is 14.4. The highest BCUT2D eigenvalue weighted by Gasteiger charge is 2.24. The zero-order chi connectivity index (χ0) is 15.5. The molecule has 0 amide bonds. The van der Waals surface area contributed by atoms with Gasteiger partial charge in [-0.2, -0.15) is 5.06 Å². The Hall–Kier alpha value is -0.160. The number of nitrogens with zero attached hydrogens (tertiary/aromatic N) is 2. The van der Waals surface area contributed by atoms with Crippen LogP contribution in [0.2, 0.25) is 0 Å². The number of hydroxylamine groups is 2. The van der Waals surface area contributed by atoms with Crippen LogP contribution in [0.15, 0.2) is 0 Å². The van der Waals surface area contributed by atoms with E-state index in [1.807, 2.05) is 0 Å². The van der Waals surface area contributed by atoms with Crippen molar-refractivity contribution >= 4 is 0 Å². The maximum atomic E-state index is 9.20. The molecule has 0 aliphatic carbocycles. The molecule has 1 N–H and O–H groups in total. The van der Waals surface area contributed by atoms with Gasteiger partial charge in [0, 0.05) is 26.7 Å². The van der Waals surface area contributed by atoms with Crippen molar-refractivity contribution in [3.05, 3.63) is 0 Å². The van der Waals surface area contributed by atoms with Gasteiger partial charge in [0.05, 0.1) is 6.10 Å². The van der Waals surface area contributed by atoms with E-state index in [-0.39, 0.29) is 0 Å². The largest absolute Gasteiger partial charge is 0.377 e. The van der Waals surface area contributed by atoms with Crippen molar-refractivity contribution in [3.8, 4) is 0 Å². The van der Waals surface area contributed by atoms with Gasteiger partial charge in [-0.1, -0.05) is 33.1 Å². The van der Waals surface area contributed by atoms with Gasteiger partial charge in [-0.25, -0.2) is 0 Å². The molecule has 1 unspecified atom stereocenters. The fourth-order valence-electron chi connectivity index (χ4n) is 3.16. The molecule has 2 heterocycles. The van der Waals surface area contributed by atoms with Crippen LogP contribution < -0.4 is 0 Å².